The van der Waals surface area contributed by atoms with Crippen molar-refractivity contribution in [3.8, 4) is 11.5 Å². The first-order valence-corrected chi connectivity index (χ1v) is 6.88. The van der Waals surface area contributed by atoms with Gasteiger partial charge < -0.3 is 19.9 Å². The van der Waals surface area contributed by atoms with Crippen molar-refractivity contribution in [2.24, 2.45) is 11.7 Å². The molecule has 0 saturated heterocycles. The molecule has 2 N–H and O–H groups in total. The van der Waals surface area contributed by atoms with E-state index in [4.69, 9.17) is 32.2 Å². The van der Waals surface area contributed by atoms with Crippen molar-refractivity contribution in [3.63, 3.8) is 0 Å². The molecule has 0 spiro atoms. The maximum atomic E-state index is 5.60. The third kappa shape index (κ3) is 4.36. The molecule has 1 saturated carbocycles. The Kier molecular flexibility index (Phi) is 4.99. The second-order valence-corrected chi connectivity index (χ2v) is 4.97. The number of nitrogens with two attached hydrogens (primary N) is 1. The summed E-state index contributed by atoms with van der Waals surface area (Å²) in [6.45, 7) is 3.48. The molecule has 1 fully saturated rings. The van der Waals surface area contributed by atoms with Crippen LogP contribution < -0.4 is 15.2 Å². The monoisotopic (exact) mass is 281 g/mol. The van der Waals surface area contributed by atoms with Crippen molar-refractivity contribution < 1.29 is 14.2 Å². The first-order chi connectivity index (χ1) is 9.20. The first-order valence-electron chi connectivity index (χ1n) is 6.48. The molecule has 4 nitrogen and oxygen atoms in total. The van der Waals surface area contributed by atoms with E-state index in [2.05, 4.69) is 0 Å². The van der Waals surface area contributed by atoms with Gasteiger partial charge in [-0.1, -0.05) is 12.2 Å². The van der Waals surface area contributed by atoms with Crippen LogP contribution in [-0.2, 0) is 4.74 Å². The Hall–Kier alpha value is -1.33. The number of hydrogen-bond donors (Lipinski definition) is 1. The van der Waals surface area contributed by atoms with Crippen LogP contribution in [0.4, 0.5) is 0 Å². The van der Waals surface area contributed by atoms with Crippen LogP contribution in [0.1, 0.15) is 25.3 Å². The van der Waals surface area contributed by atoms with Crippen molar-refractivity contribution in [1.29, 1.82) is 0 Å². The molecular formula is C14H19NO3S. The van der Waals surface area contributed by atoms with Gasteiger partial charge in [-0.2, -0.15) is 0 Å². The molecule has 0 aromatic heterocycles. The summed E-state index contributed by atoms with van der Waals surface area (Å²) in [4.78, 5) is 0.345. The number of ether oxygens (including phenoxy) is 3. The van der Waals surface area contributed by atoms with E-state index in [1.54, 1.807) is 12.1 Å². The fourth-order valence-electron chi connectivity index (χ4n) is 1.65. The van der Waals surface area contributed by atoms with Crippen LogP contribution in [0.15, 0.2) is 18.2 Å². The van der Waals surface area contributed by atoms with Gasteiger partial charge in [0.05, 0.1) is 13.2 Å². The van der Waals surface area contributed by atoms with Gasteiger partial charge in [0, 0.05) is 5.56 Å². The molecule has 1 aromatic rings. The van der Waals surface area contributed by atoms with Gasteiger partial charge in [0.2, 0.25) is 0 Å². The Morgan fingerprint density at radius 1 is 1.32 bits per heavy atom. The third-order valence-corrected chi connectivity index (χ3v) is 3.11. The molecule has 0 amide bonds. The normalized spacial score (nSPS) is 14.2. The van der Waals surface area contributed by atoms with Crippen LogP contribution in [-0.4, -0.2) is 25.0 Å². The Morgan fingerprint density at radius 3 is 2.74 bits per heavy atom. The van der Waals surface area contributed by atoms with Crippen molar-refractivity contribution in [2.45, 2.75) is 19.8 Å². The van der Waals surface area contributed by atoms with E-state index in [0.717, 1.165) is 18.1 Å². The number of hydrogen-bond acceptors (Lipinski definition) is 4. The number of rotatable bonds is 8. The molecule has 19 heavy (non-hydrogen) atoms. The fraction of sp³-hybridized carbons (Fsp3) is 0.500. The Morgan fingerprint density at radius 2 is 2.11 bits per heavy atom. The van der Waals surface area contributed by atoms with Crippen molar-refractivity contribution in [3.05, 3.63) is 23.8 Å². The summed E-state index contributed by atoms with van der Waals surface area (Å²) in [5.41, 5.74) is 6.37. The van der Waals surface area contributed by atoms with E-state index in [1.165, 1.54) is 12.8 Å². The smallest absolute Gasteiger partial charge is 0.189 e. The number of benzene rings is 1. The summed E-state index contributed by atoms with van der Waals surface area (Å²) < 4.78 is 16.5. The molecule has 2 rings (SSSR count). The number of thiocarbonyl (C=S) groups is 1. The van der Waals surface area contributed by atoms with Gasteiger partial charge in [-0.25, -0.2) is 0 Å². The second kappa shape index (κ2) is 6.73. The molecule has 0 bridgehead atoms. The van der Waals surface area contributed by atoms with Gasteiger partial charge in [0.1, 0.15) is 4.99 Å². The molecule has 1 aliphatic rings. The predicted molar refractivity (Wildman–Crippen MR) is 77.7 cm³/mol. The molecule has 0 atom stereocenters. The van der Waals surface area contributed by atoms with Crippen LogP contribution in [0.3, 0.4) is 0 Å². The van der Waals surface area contributed by atoms with E-state index in [9.17, 15) is 0 Å². The summed E-state index contributed by atoms with van der Waals surface area (Å²) in [5, 5.41) is 0. The van der Waals surface area contributed by atoms with E-state index >= 15 is 0 Å². The Labute approximate surface area is 118 Å². The maximum Gasteiger partial charge on any atom is 0.189 e. The van der Waals surface area contributed by atoms with Crippen LogP contribution in [0.5, 0.6) is 11.5 Å². The topological polar surface area (TPSA) is 53.7 Å². The highest BCUT2D eigenvalue weighted by Gasteiger charge is 2.21. The van der Waals surface area contributed by atoms with E-state index in [0.29, 0.717) is 23.1 Å². The van der Waals surface area contributed by atoms with Crippen LogP contribution in [0.2, 0.25) is 0 Å². The van der Waals surface area contributed by atoms with Gasteiger partial charge >= 0.3 is 0 Å². The van der Waals surface area contributed by atoms with E-state index in [-0.39, 0.29) is 6.79 Å². The maximum absolute atomic E-state index is 5.60. The van der Waals surface area contributed by atoms with Crippen LogP contribution in [0, 0.1) is 5.92 Å². The minimum atomic E-state index is 0.239. The highest BCUT2D eigenvalue weighted by molar-refractivity contribution is 7.80. The summed E-state index contributed by atoms with van der Waals surface area (Å²) in [6, 6.07) is 5.42. The van der Waals surface area contributed by atoms with E-state index < -0.39 is 0 Å². The molecule has 0 unspecified atom stereocenters. The molecule has 104 valence electrons. The Balaban J connectivity index is 1.94. The molecule has 1 aromatic carbocycles. The third-order valence-electron chi connectivity index (χ3n) is 2.88. The average molecular weight is 281 g/mol. The first kappa shape index (κ1) is 14.1. The molecule has 5 heteroatoms. The van der Waals surface area contributed by atoms with Crippen LogP contribution in [0.25, 0.3) is 0 Å². The summed E-state index contributed by atoms with van der Waals surface area (Å²) in [5.74, 6) is 2.02. The standard InChI is InChI=1S/C14H19NO3S/c1-2-17-13-7-11(14(15)19)5-6-12(13)18-9-16-8-10-3-4-10/h5-7,10H,2-4,8-9H2,1H3,(H2,15,19). The lowest BCUT2D eigenvalue weighted by Crippen LogP contribution is -2.11. The zero-order valence-electron chi connectivity index (χ0n) is 11.1. The minimum Gasteiger partial charge on any atom is -0.490 e. The van der Waals surface area contributed by atoms with Gasteiger partial charge in [-0.15, -0.1) is 0 Å². The summed E-state index contributed by atoms with van der Waals surface area (Å²) >= 11 is 4.95. The molecular weight excluding hydrogens is 262 g/mol. The lowest BCUT2D eigenvalue weighted by molar-refractivity contribution is 0.00840. The Bertz CT molecular complexity index is 446. The second-order valence-electron chi connectivity index (χ2n) is 4.54. The van der Waals surface area contributed by atoms with Crippen molar-refractivity contribution >= 4 is 17.2 Å². The van der Waals surface area contributed by atoms with Gasteiger partial charge in [0.15, 0.2) is 18.3 Å². The highest BCUT2D eigenvalue weighted by Crippen LogP contribution is 2.30. The lowest BCUT2D eigenvalue weighted by atomic mass is 10.2. The molecule has 0 radical (unpaired) electrons. The predicted octanol–water partition coefficient (Wildman–Crippen LogP) is 2.48. The zero-order chi connectivity index (χ0) is 13.7. The quantitative estimate of drug-likeness (QED) is 0.451. The van der Waals surface area contributed by atoms with Gasteiger partial charge in [-0.3, -0.25) is 0 Å². The molecule has 0 heterocycles. The van der Waals surface area contributed by atoms with E-state index in [1.807, 2.05) is 13.0 Å². The fourth-order valence-corrected chi connectivity index (χ4v) is 1.78. The summed E-state index contributed by atoms with van der Waals surface area (Å²) in [6.07, 6.45) is 2.54. The van der Waals surface area contributed by atoms with Crippen molar-refractivity contribution in [2.75, 3.05) is 20.0 Å². The molecule has 1 aliphatic carbocycles. The average Bonchev–Trinajstić information content (AvgIpc) is 3.20. The molecule has 0 aliphatic heterocycles. The summed E-state index contributed by atoms with van der Waals surface area (Å²) in [7, 11) is 0. The van der Waals surface area contributed by atoms with Gasteiger partial charge in [-0.05, 0) is 43.9 Å². The minimum absolute atomic E-state index is 0.239. The highest BCUT2D eigenvalue weighted by atomic mass is 32.1. The lowest BCUT2D eigenvalue weighted by Gasteiger charge is -2.13. The van der Waals surface area contributed by atoms with Crippen molar-refractivity contribution in [1.82, 2.24) is 0 Å². The largest absolute Gasteiger partial charge is 0.490 e. The SMILES string of the molecule is CCOc1cc(C(N)=S)ccc1OCOCC1CC1. The van der Waals surface area contributed by atoms with Gasteiger partial charge in [0.25, 0.3) is 0 Å². The zero-order valence-corrected chi connectivity index (χ0v) is 11.9. The van der Waals surface area contributed by atoms with Crippen LogP contribution >= 0.6 is 12.2 Å².